The van der Waals surface area contributed by atoms with Crippen molar-refractivity contribution < 1.29 is 22.7 Å². The van der Waals surface area contributed by atoms with Gasteiger partial charge in [-0.15, -0.1) is 0 Å². The van der Waals surface area contributed by atoms with Crippen molar-refractivity contribution in [3.63, 3.8) is 0 Å². The van der Waals surface area contributed by atoms with Gasteiger partial charge in [-0.2, -0.15) is 0 Å². The molecule has 194 valence electrons. The van der Waals surface area contributed by atoms with Crippen LogP contribution in [0.15, 0.2) is 90.7 Å². The summed E-state index contributed by atoms with van der Waals surface area (Å²) >= 11 is 6.03. The van der Waals surface area contributed by atoms with Crippen LogP contribution in [0, 0.1) is 0 Å². The van der Waals surface area contributed by atoms with Crippen LogP contribution in [0.1, 0.15) is 5.56 Å². The third kappa shape index (κ3) is 7.76. The maximum atomic E-state index is 12.8. The highest BCUT2D eigenvalue weighted by molar-refractivity contribution is 7.95. The minimum absolute atomic E-state index is 0.00356. The lowest BCUT2D eigenvalue weighted by Gasteiger charge is -2.15. The van der Waals surface area contributed by atoms with Crippen molar-refractivity contribution >= 4 is 45.4 Å². The number of benzene rings is 2. The number of nitrogens with zero attached hydrogens (tertiary/aromatic N) is 3. The van der Waals surface area contributed by atoms with Crippen LogP contribution in [0.4, 0.5) is 16.4 Å². The molecule has 0 unspecified atom stereocenters. The largest absolute Gasteiger partial charge is 0.473 e. The number of rotatable bonds is 10. The Kier molecular flexibility index (Phi) is 8.85. The summed E-state index contributed by atoms with van der Waals surface area (Å²) in [5.74, 6) is 0.433. The van der Waals surface area contributed by atoms with Crippen molar-refractivity contribution in [2.45, 2.75) is 0 Å². The van der Waals surface area contributed by atoms with Crippen LogP contribution in [0.3, 0.4) is 0 Å². The molecule has 38 heavy (non-hydrogen) atoms. The lowest BCUT2D eigenvalue weighted by atomic mass is 10.1. The Morgan fingerprint density at radius 3 is 2.42 bits per heavy atom. The van der Waals surface area contributed by atoms with Gasteiger partial charge in [0.25, 0.3) is 10.0 Å². The van der Waals surface area contributed by atoms with E-state index in [4.69, 9.17) is 21.1 Å². The topological polar surface area (TPSA) is 132 Å². The Hall–Kier alpha value is -4.48. The average Bonchev–Trinajstić information content (AvgIpc) is 2.92. The molecule has 0 saturated heterocycles. The van der Waals surface area contributed by atoms with Crippen LogP contribution >= 0.6 is 11.6 Å². The number of hydrogen-bond acceptors (Lipinski definition) is 8. The Bertz CT molecular complexity index is 1500. The van der Waals surface area contributed by atoms with E-state index in [1.165, 1.54) is 18.6 Å². The number of pyridine rings is 1. The van der Waals surface area contributed by atoms with Crippen molar-refractivity contribution in [2.75, 3.05) is 23.3 Å². The minimum atomic E-state index is -3.94. The molecule has 0 aliphatic heterocycles. The third-order valence-electron chi connectivity index (χ3n) is 4.87. The molecular weight excluding hydrogens is 530 g/mol. The van der Waals surface area contributed by atoms with Crippen LogP contribution in [0.5, 0.6) is 5.88 Å². The summed E-state index contributed by atoms with van der Waals surface area (Å²) in [4.78, 5) is 24.2. The van der Waals surface area contributed by atoms with Gasteiger partial charge in [-0.3, -0.25) is 10.0 Å². The molecule has 0 aliphatic rings. The van der Waals surface area contributed by atoms with Gasteiger partial charge < -0.3 is 9.47 Å². The second-order valence-electron chi connectivity index (χ2n) is 7.59. The van der Waals surface area contributed by atoms with E-state index in [0.29, 0.717) is 22.0 Å². The summed E-state index contributed by atoms with van der Waals surface area (Å²) in [5.41, 5.74) is 1.57. The highest BCUT2D eigenvalue weighted by Gasteiger charge is 2.19. The summed E-state index contributed by atoms with van der Waals surface area (Å²) < 4.78 is 39.0. The van der Waals surface area contributed by atoms with Gasteiger partial charge in [0.05, 0.1) is 11.0 Å². The molecule has 2 N–H and O–H groups in total. The van der Waals surface area contributed by atoms with Gasteiger partial charge in [0, 0.05) is 11.2 Å². The molecule has 2 aromatic carbocycles. The predicted octanol–water partition coefficient (Wildman–Crippen LogP) is 5.23. The lowest BCUT2D eigenvalue weighted by Crippen LogP contribution is -2.18. The van der Waals surface area contributed by atoms with E-state index in [1.54, 1.807) is 66.7 Å². The van der Waals surface area contributed by atoms with E-state index < -0.39 is 16.1 Å². The van der Waals surface area contributed by atoms with E-state index in [0.717, 1.165) is 11.0 Å². The van der Waals surface area contributed by atoms with Crippen LogP contribution in [-0.4, -0.2) is 42.7 Å². The zero-order valence-electron chi connectivity index (χ0n) is 19.8. The molecular formula is C26H22ClN5O5S. The first-order valence-electron chi connectivity index (χ1n) is 11.2. The number of carbonyl (C=O) groups is 1. The summed E-state index contributed by atoms with van der Waals surface area (Å²) in [6.07, 6.45) is 3.47. The number of amides is 1. The van der Waals surface area contributed by atoms with E-state index in [9.17, 15) is 13.2 Å². The second-order valence-corrected chi connectivity index (χ2v) is 9.60. The van der Waals surface area contributed by atoms with Gasteiger partial charge in [-0.1, -0.05) is 60.1 Å². The summed E-state index contributed by atoms with van der Waals surface area (Å²) in [7, 11) is -3.94. The maximum absolute atomic E-state index is 12.8. The average molecular weight is 552 g/mol. The Morgan fingerprint density at radius 1 is 0.921 bits per heavy atom. The van der Waals surface area contributed by atoms with Gasteiger partial charge in [-0.05, 0) is 41.5 Å². The van der Waals surface area contributed by atoms with E-state index in [1.807, 2.05) is 6.07 Å². The molecule has 0 radical (unpaired) electrons. The maximum Gasteiger partial charge on any atom is 0.412 e. The Morgan fingerprint density at radius 2 is 1.68 bits per heavy atom. The monoisotopic (exact) mass is 551 g/mol. The minimum Gasteiger partial charge on any atom is -0.473 e. The smallest absolute Gasteiger partial charge is 0.412 e. The molecule has 2 aromatic heterocycles. The molecule has 10 nitrogen and oxygen atoms in total. The fourth-order valence-electron chi connectivity index (χ4n) is 3.18. The zero-order valence-corrected chi connectivity index (χ0v) is 21.4. The highest BCUT2D eigenvalue weighted by Crippen LogP contribution is 2.35. The van der Waals surface area contributed by atoms with Gasteiger partial charge >= 0.3 is 6.09 Å². The Labute approximate surface area is 224 Å². The number of anilines is 2. The molecule has 2 heterocycles. The van der Waals surface area contributed by atoms with Crippen LogP contribution in [0.25, 0.3) is 17.2 Å². The molecule has 4 aromatic rings. The molecule has 12 heteroatoms. The third-order valence-corrected chi connectivity index (χ3v) is 6.10. The molecule has 0 saturated carbocycles. The molecule has 0 bridgehead atoms. The van der Waals surface area contributed by atoms with Crippen molar-refractivity contribution in [1.29, 1.82) is 0 Å². The molecule has 4 rings (SSSR count). The van der Waals surface area contributed by atoms with E-state index >= 15 is 0 Å². The van der Waals surface area contributed by atoms with Gasteiger partial charge in [0.15, 0.2) is 5.82 Å². The van der Waals surface area contributed by atoms with Crippen LogP contribution < -0.4 is 14.8 Å². The number of ether oxygens (including phenoxy) is 2. The fraction of sp³-hybridized carbons (Fsp3) is 0.0769. The molecule has 0 spiro atoms. The predicted molar refractivity (Wildman–Crippen MR) is 145 cm³/mol. The summed E-state index contributed by atoms with van der Waals surface area (Å²) in [5, 5.41) is 4.03. The van der Waals surface area contributed by atoms with Crippen molar-refractivity contribution in [2.24, 2.45) is 0 Å². The number of halogens is 1. The molecule has 0 aliphatic carbocycles. The molecule has 0 atom stereocenters. The van der Waals surface area contributed by atoms with Crippen LogP contribution in [-0.2, 0) is 14.8 Å². The zero-order chi connectivity index (χ0) is 26.8. The number of hydrogen-bond donors (Lipinski definition) is 2. The second kappa shape index (κ2) is 12.7. The van der Waals surface area contributed by atoms with E-state index in [2.05, 4.69) is 25.0 Å². The van der Waals surface area contributed by atoms with Gasteiger partial charge in [-0.25, -0.2) is 28.2 Å². The number of sulfonamides is 1. The number of carbonyl (C=O) groups excluding carboxylic acids is 1. The lowest BCUT2D eigenvalue weighted by molar-refractivity contribution is 0.136. The van der Waals surface area contributed by atoms with Gasteiger partial charge in [0.2, 0.25) is 5.88 Å². The van der Waals surface area contributed by atoms with Crippen LogP contribution in [0.2, 0.25) is 5.02 Å². The first kappa shape index (κ1) is 26.6. The van der Waals surface area contributed by atoms with Gasteiger partial charge in [0.1, 0.15) is 25.4 Å². The quantitative estimate of drug-likeness (QED) is 0.256. The first-order chi connectivity index (χ1) is 18.4. The van der Waals surface area contributed by atoms with Crippen molar-refractivity contribution in [1.82, 2.24) is 15.0 Å². The van der Waals surface area contributed by atoms with Crippen molar-refractivity contribution in [3.05, 3.63) is 101 Å². The number of aromatic nitrogens is 3. The highest BCUT2D eigenvalue weighted by atomic mass is 35.5. The van der Waals surface area contributed by atoms with Crippen molar-refractivity contribution in [3.8, 4) is 17.0 Å². The fourth-order valence-corrected chi connectivity index (χ4v) is 4.14. The molecule has 1 amide bonds. The van der Waals surface area contributed by atoms with E-state index in [-0.39, 0.29) is 24.9 Å². The Balaban J connectivity index is 1.49. The first-order valence-corrected chi connectivity index (χ1v) is 13.2. The number of nitrogens with one attached hydrogen (secondary N) is 2. The SMILES string of the molecule is O=C(Nc1ccccn1)OCCOc1ncnc(NS(=O)(=O)/C=C/c2ccccc2)c1-c1ccc(Cl)cc1. The standard InChI is InChI=1S/C26H22ClN5O5S/c27-21-11-9-20(10-12-21)23-24(32-38(34,35)17-13-19-6-2-1-3-7-19)29-18-30-25(23)36-15-16-37-26(33)31-22-8-4-5-14-28-22/h1-14,17-18H,15-16H2,(H,28,31,33)(H,29,30,32)/b17-13+. The normalized spacial score (nSPS) is 11.2. The summed E-state index contributed by atoms with van der Waals surface area (Å²) in [6.45, 7) is -0.170. The summed E-state index contributed by atoms with van der Waals surface area (Å²) in [6, 6.07) is 20.7. The molecule has 0 fully saturated rings.